The van der Waals surface area contributed by atoms with Crippen LogP contribution >= 0.6 is 0 Å². The van der Waals surface area contributed by atoms with Crippen LogP contribution in [0.25, 0.3) is 0 Å². The van der Waals surface area contributed by atoms with Crippen LogP contribution in [0.5, 0.6) is 0 Å². The number of halogens is 3. The predicted octanol–water partition coefficient (Wildman–Crippen LogP) is 5.11. The van der Waals surface area contributed by atoms with Crippen molar-refractivity contribution in [2.75, 3.05) is 6.54 Å². The molecule has 0 radical (unpaired) electrons. The van der Waals surface area contributed by atoms with Gasteiger partial charge < -0.3 is 4.74 Å². The summed E-state index contributed by atoms with van der Waals surface area (Å²) in [5, 5.41) is 0. The summed E-state index contributed by atoms with van der Waals surface area (Å²) in [5.41, 5.74) is -1.07. The Bertz CT molecular complexity index is 580. The zero-order valence-electron chi connectivity index (χ0n) is 14.5. The third-order valence-electron chi connectivity index (χ3n) is 4.41. The summed E-state index contributed by atoms with van der Waals surface area (Å²) in [7, 11) is 0. The first-order valence-electron chi connectivity index (χ1n) is 8.06. The summed E-state index contributed by atoms with van der Waals surface area (Å²) in [6.45, 7) is 6.93. The number of alkyl halides is 3. The quantitative estimate of drug-likeness (QED) is 0.709. The highest BCUT2D eigenvalue weighted by molar-refractivity contribution is 5.70. The summed E-state index contributed by atoms with van der Waals surface area (Å²) in [5.74, 6) is -1.43. The van der Waals surface area contributed by atoms with Gasteiger partial charge in [-0.1, -0.05) is 30.3 Å². The lowest BCUT2D eigenvalue weighted by atomic mass is 9.77. The van der Waals surface area contributed by atoms with E-state index in [0.29, 0.717) is 5.56 Å². The monoisotopic (exact) mass is 343 g/mol. The van der Waals surface area contributed by atoms with Gasteiger partial charge in [-0.15, -0.1) is 0 Å². The van der Waals surface area contributed by atoms with Crippen LogP contribution in [0.3, 0.4) is 0 Å². The first-order valence-corrected chi connectivity index (χ1v) is 8.06. The Balaban J connectivity index is 2.37. The molecular formula is C18H24F3NO2. The molecular weight excluding hydrogens is 319 g/mol. The molecule has 6 heteroatoms. The largest absolute Gasteiger partial charge is 0.444 e. The second kappa shape index (κ2) is 6.30. The van der Waals surface area contributed by atoms with Gasteiger partial charge >= 0.3 is 12.3 Å². The Hall–Kier alpha value is -1.72. The van der Waals surface area contributed by atoms with Crippen LogP contribution in [0.4, 0.5) is 18.0 Å². The Labute approximate surface area is 140 Å². The van der Waals surface area contributed by atoms with Crippen molar-refractivity contribution in [3.8, 4) is 0 Å². The zero-order valence-corrected chi connectivity index (χ0v) is 14.5. The molecule has 1 aromatic carbocycles. The van der Waals surface area contributed by atoms with E-state index < -0.39 is 29.3 Å². The molecule has 2 atom stereocenters. The molecule has 1 fully saturated rings. The van der Waals surface area contributed by atoms with Gasteiger partial charge in [-0.3, -0.25) is 4.90 Å². The maximum absolute atomic E-state index is 13.3. The fourth-order valence-electron chi connectivity index (χ4n) is 3.18. The molecule has 0 N–H and O–H groups in total. The van der Waals surface area contributed by atoms with E-state index >= 15 is 0 Å². The number of rotatable bonds is 1. The van der Waals surface area contributed by atoms with Crippen molar-refractivity contribution in [1.29, 1.82) is 0 Å². The highest BCUT2D eigenvalue weighted by Gasteiger charge is 2.51. The van der Waals surface area contributed by atoms with E-state index in [1.54, 1.807) is 58.0 Å². The molecule has 3 nitrogen and oxygen atoms in total. The minimum absolute atomic E-state index is 0.0183. The molecule has 0 unspecified atom stereocenters. The molecule has 0 aliphatic carbocycles. The molecule has 0 saturated carbocycles. The second-order valence-corrected chi connectivity index (χ2v) is 7.50. The Morgan fingerprint density at radius 3 is 2.29 bits per heavy atom. The van der Waals surface area contributed by atoms with Gasteiger partial charge in [0.05, 0.1) is 11.5 Å². The zero-order chi connectivity index (χ0) is 18.2. The van der Waals surface area contributed by atoms with Crippen LogP contribution < -0.4 is 0 Å². The van der Waals surface area contributed by atoms with Gasteiger partial charge in [-0.2, -0.15) is 13.2 Å². The van der Waals surface area contributed by atoms with Crippen molar-refractivity contribution in [2.45, 2.75) is 57.9 Å². The summed E-state index contributed by atoms with van der Waals surface area (Å²) in [6, 6.07) is 8.86. The molecule has 1 aliphatic heterocycles. The van der Waals surface area contributed by atoms with E-state index in [0.717, 1.165) is 0 Å². The minimum atomic E-state index is -4.27. The van der Waals surface area contributed by atoms with Crippen molar-refractivity contribution >= 4 is 6.09 Å². The number of carbonyl (C=O) groups is 1. The molecule has 1 saturated heterocycles. The number of amides is 1. The van der Waals surface area contributed by atoms with Crippen LogP contribution in [-0.2, 0) is 10.3 Å². The summed E-state index contributed by atoms with van der Waals surface area (Å²) < 4.78 is 45.2. The van der Waals surface area contributed by atoms with Gasteiger partial charge in [0.2, 0.25) is 0 Å². The van der Waals surface area contributed by atoms with Crippen LogP contribution in [0, 0.1) is 5.92 Å². The Morgan fingerprint density at radius 1 is 1.21 bits per heavy atom. The topological polar surface area (TPSA) is 29.5 Å². The summed E-state index contributed by atoms with van der Waals surface area (Å²) in [6.07, 6.45) is -5.12. The maximum atomic E-state index is 13.3. The van der Waals surface area contributed by atoms with Gasteiger partial charge in [0.1, 0.15) is 5.60 Å². The van der Waals surface area contributed by atoms with Gasteiger partial charge in [0.25, 0.3) is 0 Å². The van der Waals surface area contributed by atoms with Crippen molar-refractivity contribution in [2.24, 2.45) is 5.92 Å². The van der Waals surface area contributed by atoms with Crippen LogP contribution in [0.2, 0.25) is 0 Å². The lowest BCUT2D eigenvalue weighted by Crippen LogP contribution is -2.55. The number of benzene rings is 1. The molecule has 134 valence electrons. The lowest BCUT2D eigenvalue weighted by Gasteiger charge is -2.48. The van der Waals surface area contributed by atoms with E-state index in [1.165, 1.54) is 4.90 Å². The molecule has 24 heavy (non-hydrogen) atoms. The molecule has 0 bridgehead atoms. The third kappa shape index (κ3) is 4.02. The highest BCUT2D eigenvalue weighted by Crippen LogP contribution is 2.46. The molecule has 2 rings (SSSR count). The standard InChI is InChI=1S/C18H24F3NO2/c1-16(2,3)24-15(23)22-11-10-14(18(19,20)21)12-17(22,4)13-8-6-5-7-9-13/h5-9,14H,10-12H2,1-4H3/t14-,17+/m1/s1. The molecule has 1 aliphatic rings. The summed E-state index contributed by atoms with van der Waals surface area (Å²) >= 11 is 0. The van der Waals surface area contributed by atoms with Crippen molar-refractivity contribution in [1.82, 2.24) is 4.90 Å². The lowest BCUT2D eigenvalue weighted by molar-refractivity contribution is -0.196. The summed E-state index contributed by atoms with van der Waals surface area (Å²) in [4.78, 5) is 14.0. The van der Waals surface area contributed by atoms with E-state index in [4.69, 9.17) is 4.74 Å². The van der Waals surface area contributed by atoms with Crippen molar-refractivity contribution in [3.05, 3.63) is 35.9 Å². The van der Waals surface area contributed by atoms with E-state index in [1.807, 2.05) is 0 Å². The van der Waals surface area contributed by atoms with Gasteiger partial charge in [0, 0.05) is 6.54 Å². The van der Waals surface area contributed by atoms with Crippen molar-refractivity contribution in [3.63, 3.8) is 0 Å². The number of ether oxygens (including phenoxy) is 1. The molecule has 0 aromatic heterocycles. The van der Waals surface area contributed by atoms with E-state index in [-0.39, 0.29) is 19.4 Å². The number of likely N-dealkylation sites (tertiary alicyclic amines) is 1. The fraction of sp³-hybridized carbons (Fsp3) is 0.611. The number of carbonyl (C=O) groups excluding carboxylic acids is 1. The fourth-order valence-corrected chi connectivity index (χ4v) is 3.18. The smallest absolute Gasteiger partial charge is 0.411 e. The maximum Gasteiger partial charge on any atom is 0.411 e. The highest BCUT2D eigenvalue weighted by atomic mass is 19.4. The molecule has 0 spiro atoms. The van der Waals surface area contributed by atoms with Gasteiger partial charge in [-0.25, -0.2) is 4.79 Å². The van der Waals surface area contributed by atoms with E-state index in [9.17, 15) is 18.0 Å². The first-order chi connectivity index (χ1) is 10.9. The minimum Gasteiger partial charge on any atom is -0.444 e. The van der Waals surface area contributed by atoms with Crippen molar-refractivity contribution < 1.29 is 22.7 Å². The molecule has 1 amide bonds. The molecule has 1 aromatic rings. The van der Waals surface area contributed by atoms with Gasteiger partial charge in [0.15, 0.2) is 0 Å². The number of piperidine rings is 1. The normalized spacial score (nSPS) is 25.5. The molecule has 1 heterocycles. The van der Waals surface area contributed by atoms with E-state index in [2.05, 4.69) is 0 Å². The third-order valence-corrected chi connectivity index (χ3v) is 4.41. The Morgan fingerprint density at radius 2 is 1.79 bits per heavy atom. The average molecular weight is 343 g/mol. The van der Waals surface area contributed by atoms with Crippen LogP contribution in [0.15, 0.2) is 30.3 Å². The predicted molar refractivity (Wildman–Crippen MR) is 85.5 cm³/mol. The average Bonchev–Trinajstić information content (AvgIpc) is 2.45. The van der Waals surface area contributed by atoms with Crippen LogP contribution in [-0.4, -0.2) is 29.3 Å². The second-order valence-electron chi connectivity index (χ2n) is 7.50. The number of hydrogen-bond donors (Lipinski definition) is 0. The number of nitrogens with zero attached hydrogens (tertiary/aromatic N) is 1. The first kappa shape index (κ1) is 18.6. The Kier molecular flexibility index (Phi) is 4.88. The number of hydrogen-bond acceptors (Lipinski definition) is 2. The SMILES string of the molecule is CC(C)(C)OC(=O)N1CC[C@@H](C(F)(F)F)C[C@@]1(C)c1ccccc1. The van der Waals surface area contributed by atoms with Crippen LogP contribution in [0.1, 0.15) is 46.1 Å². The van der Waals surface area contributed by atoms with Gasteiger partial charge in [-0.05, 0) is 46.1 Å².